The quantitative estimate of drug-likeness (QED) is 0.538. The van der Waals surface area contributed by atoms with E-state index >= 15 is 0 Å². The summed E-state index contributed by atoms with van der Waals surface area (Å²) < 4.78 is 20.7. The number of nitrogens with zero attached hydrogens (tertiary/aromatic N) is 2. The maximum Gasteiger partial charge on any atom is 0.333 e. The van der Waals surface area contributed by atoms with E-state index in [0.29, 0.717) is 17.5 Å². The number of aromatic nitrogens is 2. The molecule has 0 saturated carbocycles. The smallest absolute Gasteiger partial charge is 0.333 e. The maximum absolute atomic E-state index is 12.9. The molecule has 0 radical (unpaired) electrons. The highest BCUT2D eigenvalue weighted by molar-refractivity contribution is 5.94. The van der Waals surface area contributed by atoms with Crippen LogP contribution in [0.2, 0.25) is 0 Å². The normalized spacial score (nSPS) is 21.0. The second-order valence-electron chi connectivity index (χ2n) is 7.19. The van der Waals surface area contributed by atoms with Gasteiger partial charge in [-0.2, -0.15) is 0 Å². The Labute approximate surface area is 171 Å². The van der Waals surface area contributed by atoms with Crippen LogP contribution in [0.1, 0.15) is 35.0 Å². The Morgan fingerprint density at radius 2 is 2.00 bits per heavy atom. The summed E-state index contributed by atoms with van der Waals surface area (Å²) in [7, 11) is 0. The Morgan fingerprint density at radius 1 is 1.30 bits per heavy atom. The molecular weight excluding hydrogens is 397 g/mol. The van der Waals surface area contributed by atoms with Gasteiger partial charge >= 0.3 is 5.69 Å². The van der Waals surface area contributed by atoms with Crippen LogP contribution in [0.25, 0.3) is 0 Å². The molecule has 0 bridgehead atoms. The highest BCUT2D eigenvalue weighted by Crippen LogP contribution is 2.27. The Balaban J connectivity index is 1.66. The van der Waals surface area contributed by atoms with Crippen molar-refractivity contribution in [3.63, 3.8) is 0 Å². The van der Waals surface area contributed by atoms with Gasteiger partial charge in [0.1, 0.15) is 18.1 Å². The zero-order valence-electron chi connectivity index (χ0n) is 16.5. The number of aliphatic hydroxyl groups is 2. The van der Waals surface area contributed by atoms with Gasteiger partial charge in [-0.15, -0.1) is 0 Å². The molecule has 2 heterocycles. The van der Waals surface area contributed by atoms with Crippen molar-refractivity contribution in [3.8, 4) is 0 Å². The van der Waals surface area contributed by atoms with Gasteiger partial charge in [-0.1, -0.05) is 0 Å². The summed E-state index contributed by atoms with van der Waals surface area (Å²) in [6.07, 6.45) is -0.656. The molecule has 9 nitrogen and oxygen atoms in total. The molecule has 1 aromatic heterocycles. The lowest BCUT2D eigenvalue weighted by molar-refractivity contribution is -0.0464. The Morgan fingerprint density at radius 3 is 2.63 bits per heavy atom. The van der Waals surface area contributed by atoms with Gasteiger partial charge in [0.2, 0.25) is 0 Å². The highest BCUT2D eigenvalue weighted by Gasteiger charge is 2.35. The molecule has 3 atom stereocenters. The molecule has 1 aliphatic heterocycles. The number of carbonyl (C=O) groups excluding carboxylic acids is 1. The number of aliphatic hydroxyl groups excluding tert-OH is 2. The standard InChI is InChI=1S/C20H24FN3O6/c1-12-10-24(17-9-15(26)16(11-25)30-17)20(29)23(19(12)28)8-2-7-22-18(27)13-3-5-14(21)6-4-13/h3-6,10,15-17,25-26H,2,7-9,11H2,1H3,(H,22,27)/t15-,16+,17+/m0/s1. The predicted octanol–water partition coefficient (Wildman–Crippen LogP) is -0.0817. The first-order valence-electron chi connectivity index (χ1n) is 9.62. The second kappa shape index (κ2) is 9.33. The van der Waals surface area contributed by atoms with Crippen LogP contribution in [0, 0.1) is 12.7 Å². The summed E-state index contributed by atoms with van der Waals surface area (Å²) in [4.78, 5) is 37.3. The first-order chi connectivity index (χ1) is 14.3. The summed E-state index contributed by atoms with van der Waals surface area (Å²) >= 11 is 0. The molecule has 30 heavy (non-hydrogen) atoms. The molecule has 2 aromatic rings. The van der Waals surface area contributed by atoms with Gasteiger partial charge in [-0.3, -0.25) is 18.7 Å². The fourth-order valence-electron chi connectivity index (χ4n) is 3.35. The highest BCUT2D eigenvalue weighted by atomic mass is 19.1. The van der Waals surface area contributed by atoms with Crippen molar-refractivity contribution in [1.29, 1.82) is 0 Å². The number of carbonyl (C=O) groups is 1. The zero-order valence-corrected chi connectivity index (χ0v) is 16.5. The Bertz CT molecular complexity index is 1020. The lowest BCUT2D eigenvalue weighted by atomic mass is 10.2. The molecule has 0 unspecified atom stereocenters. The largest absolute Gasteiger partial charge is 0.394 e. The minimum absolute atomic E-state index is 0.0712. The lowest BCUT2D eigenvalue weighted by Gasteiger charge is -2.17. The molecule has 1 aromatic carbocycles. The number of benzene rings is 1. The molecule has 0 aliphatic carbocycles. The summed E-state index contributed by atoms with van der Waals surface area (Å²) in [6.45, 7) is 1.47. The Hall–Kier alpha value is -2.82. The molecule has 0 spiro atoms. The van der Waals surface area contributed by atoms with Crippen LogP contribution in [0.4, 0.5) is 4.39 Å². The van der Waals surface area contributed by atoms with Crippen molar-refractivity contribution in [2.45, 2.75) is 44.7 Å². The summed E-state index contributed by atoms with van der Waals surface area (Å²) in [5.74, 6) is -0.821. The number of ether oxygens (including phenoxy) is 1. The van der Waals surface area contributed by atoms with E-state index in [0.717, 1.165) is 4.57 Å². The second-order valence-corrected chi connectivity index (χ2v) is 7.19. The number of nitrogens with one attached hydrogen (secondary N) is 1. The molecule has 162 valence electrons. The lowest BCUT2D eigenvalue weighted by Crippen LogP contribution is -2.42. The molecule has 3 N–H and O–H groups in total. The third-order valence-electron chi connectivity index (χ3n) is 5.01. The van der Waals surface area contributed by atoms with Gasteiger partial charge in [-0.05, 0) is 37.6 Å². The van der Waals surface area contributed by atoms with E-state index in [1.54, 1.807) is 6.92 Å². The van der Waals surface area contributed by atoms with Crippen molar-refractivity contribution in [1.82, 2.24) is 14.5 Å². The average Bonchev–Trinajstić information content (AvgIpc) is 3.10. The molecule has 3 rings (SSSR count). The average molecular weight is 421 g/mol. The van der Waals surface area contributed by atoms with Crippen LogP contribution in [-0.4, -0.2) is 50.6 Å². The fraction of sp³-hybridized carbons (Fsp3) is 0.450. The summed E-state index contributed by atoms with van der Waals surface area (Å²) in [5, 5.41) is 21.8. The van der Waals surface area contributed by atoms with E-state index in [4.69, 9.17) is 4.74 Å². The third kappa shape index (κ3) is 4.66. The van der Waals surface area contributed by atoms with Crippen molar-refractivity contribution in [3.05, 3.63) is 68.2 Å². The monoisotopic (exact) mass is 421 g/mol. The van der Waals surface area contributed by atoms with Crippen LogP contribution in [-0.2, 0) is 11.3 Å². The molecular formula is C20H24FN3O6. The number of hydrogen-bond donors (Lipinski definition) is 3. The first-order valence-corrected chi connectivity index (χ1v) is 9.62. The summed E-state index contributed by atoms with van der Waals surface area (Å²) in [5.41, 5.74) is -0.401. The van der Waals surface area contributed by atoms with Crippen molar-refractivity contribution in [2.24, 2.45) is 0 Å². The number of amides is 1. The van der Waals surface area contributed by atoms with E-state index in [2.05, 4.69) is 5.32 Å². The van der Waals surface area contributed by atoms with Crippen molar-refractivity contribution in [2.75, 3.05) is 13.2 Å². The third-order valence-corrected chi connectivity index (χ3v) is 5.01. The predicted molar refractivity (Wildman–Crippen MR) is 105 cm³/mol. The van der Waals surface area contributed by atoms with E-state index in [-0.39, 0.29) is 32.0 Å². The molecule has 1 amide bonds. The van der Waals surface area contributed by atoms with Crippen LogP contribution >= 0.6 is 0 Å². The minimum Gasteiger partial charge on any atom is -0.394 e. The van der Waals surface area contributed by atoms with E-state index < -0.39 is 35.5 Å². The number of rotatable bonds is 7. The first kappa shape index (κ1) is 21.9. The Kier molecular flexibility index (Phi) is 6.80. The fourth-order valence-corrected chi connectivity index (χ4v) is 3.35. The van der Waals surface area contributed by atoms with Gasteiger partial charge < -0.3 is 20.3 Å². The number of hydrogen-bond acceptors (Lipinski definition) is 6. The molecule has 1 saturated heterocycles. The molecule has 1 fully saturated rings. The van der Waals surface area contributed by atoms with Gasteiger partial charge in [0, 0.05) is 36.8 Å². The SMILES string of the molecule is Cc1cn([C@H]2C[C@H](O)[C@@H](CO)O2)c(=O)n(CCCNC(=O)c2ccc(F)cc2)c1=O. The van der Waals surface area contributed by atoms with Gasteiger partial charge in [0.15, 0.2) is 0 Å². The van der Waals surface area contributed by atoms with E-state index in [1.165, 1.54) is 35.0 Å². The van der Waals surface area contributed by atoms with E-state index in [9.17, 15) is 29.0 Å². The number of halogens is 1. The number of aryl methyl sites for hydroxylation is 1. The zero-order chi connectivity index (χ0) is 21.8. The van der Waals surface area contributed by atoms with E-state index in [1.807, 2.05) is 0 Å². The maximum atomic E-state index is 12.9. The van der Waals surface area contributed by atoms with Crippen molar-refractivity contribution < 1.29 is 24.1 Å². The van der Waals surface area contributed by atoms with Gasteiger partial charge in [0.05, 0.1) is 12.7 Å². The van der Waals surface area contributed by atoms with Crippen LogP contribution < -0.4 is 16.6 Å². The van der Waals surface area contributed by atoms with Gasteiger partial charge in [0.25, 0.3) is 11.5 Å². The van der Waals surface area contributed by atoms with Gasteiger partial charge in [-0.25, -0.2) is 9.18 Å². The molecule has 1 aliphatic rings. The van der Waals surface area contributed by atoms with Crippen LogP contribution in [0.5, 0.6) is 0 Å². The minimum atomic E-state index is -0.908. The summed E-state index contributed by atoms with van der Waals surface area (Å²) in [6, 6.07) is 5.11. The topological polar surface area (TPSA) is 123 Å². The van der Waals surface area contributed by atoms with Crippen LogP contribution in [0.15, 0.2) is 40.1 Å². The van der Waals surface area contributed by atoms with Crippen LogP contribution in [0.3, 0.4) is 0 Å². The van der Waals surface area contributed by atoms with Crippen molar-refractivity contribution >= 4 is 5.91 Å². The molecule has 10 heteroatoms.